The van der Waals surface area contributed by atoms with Gasteiger partial charge >= 0.3 is 0 Å². The lowest BCUT2D eigenvalue weighted by Crippen LogP contribution is -2.42. The number of halogens is 3. The maximum atomic E-state index is 13.8. The molecule has 0 bridgehead atoms. The Bertz CT molecular complexity index is 643. The summed E-state index contributed by atoms with van der Waals surface area (Å²) in [4.78, 5) is 26.4. The zero-order chi connectivity index (χ0) is 18.0. The van der Waals surface area contributed by atoms with Crippen molar-refractivity contribution in [2.45, 2.75) is 38.1 Å². The smallest absolute Gasteiger partial charge is 0.224 e. The van der Waals surface area contributed by atoms with Crippen LogP contribution in [0, 0.1) is 23.4 Å². The van der Waals surface area contributed by atoms with Gasteiger partial charge in [-0.3, -0.25) is 9.59 Å². The van der Waals surface area contributed by atoms with Gasteiger partial charge in [0.05, 0.1) is 5.56 Å². The third kappa shape index (κ3) is 4.03. The minimum atomic E-state index is -1.17. The topological polar surface area (TPSA) is 49.4 Å². The van der Waals surface area contributed by atoms with Crippen LogP contribution in [0.25, 0.3) is 0 Å². The molecule has 136 valence electrons. The lowest BCUT2D eigenvalue weighted by atomic mass is 9.88. The molecule has 0 spiro atoms. The number of benzene rings is 1. The molecule has 0 aliphatic carbocycles. The zero-order valence-electron chi connectivity index (χ0n) is 13.9. The fourth-order valence-electron chi connectivity index (χ4n) is 3.64. The lowest BCUT2D eigenvalue weighted by molar-refractivity contribution is -0.132. The number of rotatable bonds is 4. The van der Waals surface area contributed by atoms with E-state index < -0.39 is 34.7 Å². The van der Waals surface area contributed by atoms with Crippen molar-refractivity contribution >= 4 is 11.7 Å². The monoisotopic (exact) mass is 354 g/mol. The second-order valence-electron chi connectivity index (χ2n) is 6.76. The molecular weight excluding hydrogens is 333 g/mol. The number of amides is 1. The summed E-state index contributed by atoms with van der Waals surface area (Å²) in [5.41, 5.74) is -0.679. The predicted molar refractivity (Wildman–Crippen MR) is 85.6 cm³/mol. The molecular formula is C18H21F3N2O2. The SMILES string of the molecule is O=C(c1c(F)cc(F)cc1F)C1CCN(C(=O)CC2CCCN2)CC1. The Kier molecular flexibility index (Phi) is 5.42. The summed E-state index contributed by atoms with van der Waals surface area (Å²) < 4.78 is 40.5. The Morgan fingerprint density at radius 3 is 2.28 bits per heavy atom. The average molecular weight is 354 g/mol. The largest absolute Gasteiger partial charge is 0.343 e. The lowest BCUT2D eigenvalue weighted by Gasteiger charge is -2.32. The molecule has 2 aliphatic heterocycles. The molecule has 1 aromatic rings. The Hall–Kier alpha value is -1.89. The summed E-state index contributed by atoms with van der Waals surface area (Å²) >= 11 is 0. The van der Waals surface area contributed by atoms with Gasteiger partial charge in [0.1, 0.15) is 17.5 Å². The van der Waals surface area contributed by atoms with E-state index in [9.17, 15) is 22.8 Å². The number of hydrogen-bond acceptors (Lipinski definition) is 3. The van der Waals surface area contributed by atoms with Gasteiger partial charge in [-0.2, -0.15) is 0 Å². The van der Waals surface area contributed by atoms with E-state index in [0.29, 0.717) is 44.5 Å². The molecule has 2 aliphatic rings. The van der Waals surface area contributed by atoms with Crippen molar-refractivity contribution in [3.63, 3.8) is 0 Å². The molecule has 0 radical (unpaired) electrons. The third-order valence-electron chi connectivity index (χ3n) is 5.06. The Morgan fingerprint density at radius 2 is 1.72 bits per heavy atom. The highest BCUT2D eigenvalue weighted by atomic mass is 19.1. The van der Waals surface area contributed by atoms with Crippen LogP contribution in [0.15, 0.2) is 12.1 Å². The summed E-state index contributed by atoms with van der Waals surface area (Å²) in [6.07, 6.45) is 3.23. The van der Waals surface area contributed by atoms with Gasteiger partial charge in [-0.25, -0.2) is 13.2 Å². The standard InChI is InChI=1S/C18H21F3N2O2/c19-12-8-14(20)17(15(21)9-12)18(25)11-3-6-23(7-4-11)16(24)10-13-2-1-5-22-13/h8-9,11,13,22H,1-7,10H2. The molecule has 2 saturated heterocycles. The Labute approximate surface area is 144 Å². The fourth-order valence-corrected chi connectivity index (χ4v) is 3.64. The van der Waals surface area contributed by atoms with Crippen LogP contribution >= 0.6 is 0 Å². The minimum absolute atomic E-state index is 0.0458. The van der Waals surface area contributed by atoms with Crippen molar-refractivity contribution in [2.24, 2.45) is 5.92 Å². The molecule has 3 rings (SSSR count). The highest BCUT2D eigenvalue weighted by molar-refractivity contribution is 5.98. The van der Waals surface area contributed by atoms with Gasteiger partial charge in [-0.1, -0.05) is 0 Å². The van der Waals surface area contributed by atoms with E-state index >= 15 is 0 Å². The van der Waals surface area contributed by atoms with Gasteiger partial charge in [0.15, 0.2) is 5.78 Å². The van der Waals surface area contributed by atoms with Crippen LogP contribution in [0.5, 0.6) is 0 Å². The first-order valence-electron chi connectivity index (χ1n) is 8.65. The third-order valence-corrected chi connectivity index (χ3v) is 5.06. The summed E-state index contributed by atoms with van der Waals surface area (Å²) in [7, 11) is 0. The number of nitrogens with zero attached hydrogens (tertiary/aromatic N) is 1. The van der Waals surface area contributed by atoms with Crippen LogP contribution in [-0.2, 0) is 4.79 Å². The average Bonchev–Trinajstić information content (AvgIpc) is 3.07. The van der Waals surface area contributed by atoms with Crippen LogP contribution in [0.1, 0.15) is 42.5 Å². The first-order valence-corrected chi connectivity index (χ1v) is 8.65. The molecule has 0 aromatic heterocycles. The molecule has 1 aromatic carbocycles. The second-order valence-corrected chi connectivity index (χ2v) is 6.76. The number of nitrogens with one attached hydrogen (secondary N) is 1. The van der Waals surface area contributed by atoms with Crippen molar-refractivity contribution in [1.82, 2.24) is 10.2 Å². The molecule has 2 fully saturated rings. The number of piperidine rings is 1. The highest BCUT2D eigenvalue weighted by Crippen LogP contribution is 2.26. The van der Waals surface area contributed by atoms with Gasteiger partial charge in [0.25, 0.3) is 0 Å². The first-order chi connectivity index (χ1) is 12.0. The van der Waals surface area contributed by atoms with Crippen molar-refractivity contribution in [3.05, 3.63) is 35.1 Å². The van der Waals surface area contributed by atoms with Crippen LogP contribution in [0.2, 0.25) is 0 Å². The second kappa shape index (κ2) is 7.56. The van der Waals surface area contributed by atoms with Gasteiger partial charge in [0, 0.05) is 43.6 Å². The summed E-state index contributed by atoms with van der Waals surface area (Å²) in [5, 5.41) is 3.28. The molecule has 1 N–H and O–H groups in total. The Morgan fingerprint density at radius 1 is 1.08 bits per heavy atom. The number of likely N-dealkylation sites (tertiary alicyclic amines) is 1. The van der Waals surface area contributed by atoms with Gasteiger partial charge < -0.3 is 10.2 Å². The van der Waals surface area contributed by atoms with Crippen LogP contribution < -0.4 is 5.32 Å². The molecule has 1 amide bonds. The first kappa shape index (κ1) is 17.9. The zero-order valence-corrected chi connectivity index (χ0v) is 13.9. The van der Waals surface area contributed by atoms with E-state index in [-0.39, 0.29) is 11.9 Å². The van der Waals surface area contributed by atoms with E-state index in [4.69, 9.17) is 0 Å². The van der Waals surface area contributed by atoms with Crippen LogP contribution in [0.4, 0.5) is 13.2 Å². The number of hydrogen-bond donors (Lipinski definition) is 1. The van der Waals surface area contributed by atoms with Crippen molar-refractivity contribution in [2.75, 3.05) is 19.6 Å². The maximum Gasteiger partial charge on any atom is 0.224 e. The van der Waals surface area contributed by atoms with Crippen molar-refractivity contribution < 1.29 is 22.8 Å². The van der Waals surface area contributed by atoms with Crippen LogP contribution in [0.3, 0.4) is 0 Å². The summed E-state index contributed by atoms with van der Waals surface area (Å²) in [5.74, 6) is -4.55. The molecule has 7 heteroatoms. The van der Waals surface area contributed by atoms with E-state index in [0.717, 1.165) is 19.4 Å². The van der Waals surface area contributed by atoms with Gasteiger partial charge in [0.2, 0.25) is 5.91 Å². The Balaban J connectivity index is 1.58. The van der Waals surface area contributed by atoms with E-state index in [1.54, 1.807) is 4.90 Å². The van der Waals surface area contributed by atoms with E-state index in [2.05, 4.69) is 5.32 Å². The van der Waals surface area contributed by atoms with Crippen molar-refractivity contribution in [3.8, 4) is 0 Å². The number of ketones is 1. The van der Waals surface area contributed by atoms with E-state index in [1.807, 2.05) is 0 Å². The molecule has 1 unspecified atom stereocenters. The molecule has 0 saturated carbocycles. The predicted octanol–water partition coefficient (Wildman–Crippen LogP) is 2.67. The van der Waals surface area contributed by atoms with Gasteiger partial charge in [-0.15, -0.1) is 0 Å². The fraction of sp³-hybridized carbons (Fsp3) is 0.556. The van der Waals surface area contributed by atoms with E-state index in [1.165, 1.54) is 0 Å². The molecule has 4 nitrogen and oxygen atoms in total. The van der Waals surface area contributed by atoms with Crippen molar-refractivity contribution in [1.29, 1.82) is 0 Å². The number of carbonyl (C=O) groups excluding carboxylic acids is 2. The minimum Gasteiger partial charge on any atom is -0.343 e. The quantitative estimate of drug-likeness (QED) is 0.846. The summed E-state index contributed by atoms with van der Waals surface area (Å²) in [6, 6.07) is 1.25. The molecule has 25 heavy (non-hydrogen) atoms. The normalized spacial score (nSPS) is 21.6. The summed E-state index contributed by atoms with van der Waals surface area (Å²) in [6.45, 7) is 1.72. The number of carbonyl (C=O) groups is 2. The highest BCUT2D eigenvalue weighted by Gasteiger charge is 2.32. The molecule has 1 atom stereocenters. The molecule has 2 heterocycles. The maximum absolute atomic E-state index is 13.8. The number of Topliss-reactive ketones (excluding diaryl/α,β-unsaturated/α-hetero) is 1. The van der Waals surface area contributed by atoms with Crippen LogP contribution in [-0.4, -0.2) is 42.3 Å². The van der Waals surface area contributed by atoms with Gasteiger partial charge in [-0.05, 0) is 32.2 Å².